The van der Waals surface area contributed by atoms with Crippen molar-refractivity contribution < 1.29 is 9.59 Å². The Hall–Kier alpha value is -2.10. The molecule has 0 aromatic heterocycles. The minimum Gasteiger partial charge on any atom is -0.339 e. The minimum absolute atomic E-state index is 0.0360. The maximum atomic E-state index is 12.4. The van der Waals surface area contributed by atoms with Gasteiger partial charge >= 0.3 is 0 Å². The monoisotopic (exact) mass is 314 g/mol. The molecule has 0 saturated carbocycles. The van der Waals surface area contributed by atoms with Crippen molar-refractivity contribution in [2.75, 3.05) is 18.4 Å². The average molecular weight is 314 g/mol. The second kappa shape index (κ2) is 6.99. The van der Waals surface area contributed by atoms with E-state index in [-0.39, 0.29) is 23.1 Å². The summed E-state index contributed by atoms with van der Waals surface area (Å²) in [5.74, 6) is -0.0491. The second-order valence-electron chi connectivity index (χ2n) is 7.12. The number of rotatable bonds is 3. The molecule has 1 heterocycles. The van der Waals surface area contributed by atoms with E-state index in [0.717, 1.165) is 5.69 Å². The zero-order chi connectivity index (χ0) is 17.0. The number of piperidine rings is 1. The van der Waals surface area contributed by atoms with Crippen LogP contribution in [0.2, 0.25) is 0 Å². The molecule has 1 aliphatic rings. The van der Waals surface area contributed by atoms with Crippen LogP contribution in [0.15, 0.2) is 36.9 Å². The first-order valence-corrected chi connectivity index (χ1v) is 8.14. The normalized spacial score (nSPS) is 16.0. The summed E-state index contributed by atoms with van der Waals surface area (Å²) in [6.07, 6.45) is 2.73. The summed E-state index contributed by atoms with van der Waals surface area (Å²) < 4.78 is 0. The molecule has 4 nitrogen and oxygen atoms in total. The van der Waals surface area contributed by atoms with Gasteiger partial charge < -0.3 is 10.2 Å². The molecule has 0 atom stereocenters. The van der Waals surface area contributed by atoms with Crippen LogP contribution in [0.25, 0.3) is 0 Å². The van der Waals surface area contributed by atoms with Gasteiger partial charge in [0.2, 0.25) is 11.8 Å². The molecule has 1 aliphatic heterocycles. The van der Waals surface area contributed by atoms with Crippen LogP contribution in [0.3, 0.4) is 0 Å². The first-order valence-electron chi connectivity index (χ1n) is 8.14. The van der Waals surface area contributed by atoms with Gasteiger partial charge in [0.15, 0.2) is 0 Å². The maximum absolute atomic E-state index is 12.4. The van der Waals surface area contributed by atoms with Crippen LogP contribution in [-0.4, -0.2) is 29.8 Å². The average Bonchev–Trinajstić information content (AvgIpc) is 2.54. The molecule has 1 aromatic carbocycles. The highest BCUT2D eigenvalue weighted by molar-refractivity contribution is 5.93. The van der Waals surface area contributed by atoms with E-state index in [9.17, 15) is 9.59 Å². The van der Waals surface area contributed by atoms with Gasteiger partial charge in [0, 0.05) is 24.7 Å². The van der Waals surface area contributed by atoms with Crippen LogP contribution in [-0.2, 0) is 15.0 Å². The maximum Gasteiger partial charge on any atom is 0.245 e. The first kappa shape index (κ1) is 17.3. The molecule has 124 valence electrons. The van der Waals surface area contributed by atoms with Crippen LogP contribution in [0, 0.1) is 5.92 Å². The third-order valence-corrected chi connectivity index (χ3v) is 4.37. The Kier molecular flexibility index (Phi) is 5.24. The highest BCUT2D eigenvalue weighted by Gasteiger charge is 2.26. The SMILES string of the molecule is C=CC(=O)N1CCC(C(=O)Nc2ccc(C(C)(C)C)cc2)CC1. The topological polar surface area (TPSA) is 49.4 Å². The Morgan fingerprint density at radius 1 is 1.17 bits per heavy atom. The number of likely N-dealkylation sites (tertiary alicyclic amines) is 1. The Balaban J connectivity index is 1.90. The van der Waals surface area contributed by atoms with Gasteiger partial charge in [0.05, 0.1) is 0 Å². The fraction of sp³-hybridized carbons (Fsp3) is 0.474. The molecule has 1 fully saturated rings. The van der Waals surface area contributed by atoms with Crippen LogP contribution in [0.4, 0.5) is 5.69 Å². The van der Waals surface area contributed by atoms with Gasteiger partial charge in [-0.15, -0.1) is 0 Å². The molecule has 0 spiro atoms. The largest absolute Gasteiger partial charge is 0.339 e. The predicted molar refractivity (Wildman–Crippen MR) is 93.3 cm³/mol. The molecular formula is C19H26N2O2. The highest BCUT2D eigenvalue weighted by atomic mass is 16.2. The summed E-state index contributed by atoms with van der Waals surface area (Å²) in [7, 11) is 0. The number of hydrogen-bond donors (Lipinski definition) is 1. The van der Waals surface area contributed by atoms with Crippen molar-refractivity contribution >= 4 is 17.5 Å². The number of carbonyl (C=O) groups excluding carboxylic acids is 2. The zero-order valence-corrected chi connectivity index (χ0v) is 14.3. The highest BCUT2D eigenvalue weighted by Crippen LogP contribution is 2.24. The molecule has 0 aliphatic carbocycles. The Morgan fingerprint density at radius 2 is 1.74 bits per heavy atom. The van der Waals surface area contributed by atoms with Crippen molar-refractivity contribution in [3.05, 3.63) is 42.5 Å². The molecule has 2 amide bonds. The van der Waals surface area contributed by atoms with E-state index < -0.39 is 0 Å². The molecular weight excluding hydrogens is 288 g/mol. The van der Waals surface area contributed by atoms with E-state index in [1.165, 1.54) is 11.6 Å². The Bertz CT molecular complexity index is 576. The number of anilines is 1. The smallest absolute Gasteiger partial charge is 0.245 e. The van der Waals surface area contributed by atoms with Crippen molar-refractivity contribution in [3.8, 4) is 0 Å². The molecule has 0 bridgehead atoms. The third-order valence-electron chi connectivity index (χ3n) is 4.37. The summed E-state index contributed by atoms with van der Waals surface area (Å²) >= 11 is 0. The van der Waals surface area contributed by atoms with Crippen LogP contribution in [0.5, 0.6) is 0 Å². The summed E-state index contributed by atoms with van der Waals surface area (Å²) in [4.78, 5) is 25.7. The number of benzene rings is 1. The Morgan fingerprint density at radius 3 is 2.22 bits per heavy atom. The molecule has 1 saturated heterocycles. The van der Waals surface area contributed by atoms with Crippen molar-refractivity contribution in [3.63, 3.8) is 0 Å². The lowest BCUT2D eigenvalue weighted by molar-refractivity contribution is -0.130. The van der Waals surface area contributed by atoms with E-state index in [1.807, 2.05) is 12.1 Å². The number of nitrogens with one attached hydrogen (secondary N) is 1. The standard InChI is InChI=1S/C19H26N2O2/c1-5-17(22)21-12-10-14(11-13-21)18(23)20-16-8-6-15(7-9-16)19(2,3)4/h5-9,14H,1,10-13H2,2-4H3,(H,20,23). The van der Waals surface area contributed by atoms with Gasteiger partial charge in [-0.05, 0) is 42.0 Å². The van der Waals surface area contributed by atoms with Crippen LogP contribution < -0.4 is 5.32 Å². The molecule has 4 heteroatoms. The van der Waals surface area contributed by atoms with Crippen LogP contribution in [0.1, 0.15) is 39.2 Å². The molecule has 23 heavy (non-hydrogen) atoms. The number of hydrogen-bond acceptors (Lipinski definition) is 2. The molecule has 1 aromatic rings. The van der Waals surface area contributed by atoms with Gasteiger partial charge in [-0.3, -0.25) is 9.59 Å². The molecule has 0 radical (unpaired) electrons. The lowest BCUT2D eigenvalue weighted by atomic mass is 9.87. The number of amides is 2. The van der Waals surface area contributed by atoms with Gasteiger partial charge in [0.25, 0.3) is 0 Å². The first-order chi connectivity index (χ1) is 10.8. The lowest BCUT2D eigenvalue weighted by Gasteiger charge is -2.30. The van der Waals surface area contributed by atoms with Gasteiger partial charge in [-0.2, -0.15) is 0 Å². The van der Waals surface area contributed by atoms with Crippen LogP contribution >= 0.6 is 0 Å². The van der Waals surface area contributed by atoms with Gasteiger partial charge in [-0.25, -0.2) is 0 Å². The zero-order valence-electron chi connectivity index (χ0n) is 14.3. The number of nitrogens with zero attached hydrogens (tertiary/aromatic N) is 1. The van der Waals surface area contributed by atoms with Gasteiger partial charge in [0.1, 0.15) is 0 Å². The van der Waals surface area contributed by atoms with E-state index in [1.54, 1.807) is 4.90 Å². The quantitative estimate of drug-likeness (QED) is 0.870. The van der Waals surface area contributed by atoms with Crippen molar-refractivity contribution in [2.45, 2.75) is 39.0 Å². The molecule has 2 rings (SSSR count). The fourth-order valence-electron chi connectivity index (χ4n) is 2.79. The molecule has 1 N–H and O–H groups in total. The molecule has 0 unspecified atom stereocenters. The summed E-state index contributed by atoms with van der Waals surface area (Å²) in [6.45, 7) is 11.2. The number of carbonyl (C=O) groups is 2. The van der Waals surface area contributed by atoms with Crippen molar-refractivity contribution in [1.82, 2.24) is 4.90 Å². The van der Waals surface area contributed by atoms with Crippen molar-refractivity contribution in [2.24, 2.45) is 5.92 Å². The van der Waals surface area contributed by atoms with E-state index in [0.29, 0.717) is 25.9 Å². The fourth-order valence-corrected chi connectivity index (χ4v) is 2.79. The minimum atomic E-state index is -0.0540. The van der Waals surface area contributed by atoms with E-state index in [4.69, 9.17) is 0 Å². The lowest BCUT2D eigenvalue weighted by Crippen LogP contribution is -2.40. The summed E-state index contributed by atoms with van der Waals surface area (Å²) in [5, 5.41) is 2.99. The third kappa shape index (κ3) is 4.44. The Labute approximate surface area is 138 Å². The predicted octanol–water partition coefficient (Wildman–Crippen LogP) is 3.35. The summed E-state index contributed by atoms with van der Waals surface area (Å²) in [5.41, 5.74) is 2.17. The van der Waals surface area contributed by atoms with E-state index in [2.05, 4.69) is 44.8 Å². The van der Waals surface area contributed by atoms with Gasteiger partial charge in [-0.1, -0.05) is 39.5 Å². The van der Waals surface area contributed by atoms with Crippen molar-refractivity contribution in [1.29, 1.82) is 0 Å². The second-order valence-corrected chi connectivity index (χ2v) is 7.12. The van der Waals surface area contributed by atoms with E-state index >= 15 is 0 Å². The summed E-state index contributed by atoms with van der Waals surface area (Å²) in [6, 6.07) is 8.02.